The van der Waals surface area contributed by atoms with Gasteiger partial charge in [-0.1, -0.05) is 24.6 Å². The monoisotopic (exact) mass is 183 g/mol. The average Bonchev–Trinajstić information content (AvgIpc) is 2.03. The number of Topliss-reactive ketones (excluding diaryl/α,β-unsaturated/α-hetero) is 1. The first-order valence-corrected chi connectivity index (χ1v) is 4.11. The Bertz CT molecular complexity index is 289. The van der Waals surface area contributed by atoms with Crippen LogP contribution in [0.3, 0.4) is 0 Å². The molecule has 0 fully saturated rings. The summed E-state index contributed by atoms with van der Waals surface area (Å²) in [4.78, 5) is 11.3. The third-order valence-corrected chi connectivity index (χ3v) is 1.96. The summed E-state index contributed by atoms with van der Waals surface area (Å²) in [5.41, 5.74) is 6.49. The van der Waals surface area contributed by atoms with Crippen LogP contribution in [0.25, 0.3) is 0 Å². The van der Waals surface area contributed by atoms with Gasteiger partial charge in [0.15, 0.2) is 5.78 Å². The smallest absolute Gasteiger partial charge is 0.166 e. The van der Waals surface area contributed by atoms with E-state index in [1.807, 2.05) is 0 Å². The van der Waals surface area contributed by atoms with Crippen molar-refractivity contribution in [3.8, 4) is 0 Å². The lowest BCUT2D eigenvalue weighted by Crippen LogP contribution is -2.02. The Morgan fingerprint density at radius 2 is 2.25 bits per heavy atom. The van der Waals surface area contributed by atoms with E-state index in [0.29, 0.717) is 22.7 Å². The zero-order chi connectivity index (χ0) is 9.14. The van der Waals surface area contributed by atoms with E-state index in [2.05, 4.69) is 0 Å². The number of anilines is 1. The Labute approximate surface area is 76.3 Å². The molecule has 2 N–H and O–H groups in total. The van der Waals surface area contributed by atoms with Crippen molar-refractivity contribution in [2.24, 2.45) is 0 Å². The maximum atomic E-state index is 11.3. The van der Waals surface area contributed by atoms with Crippen LogP contribution in [0.5, 0.6) is 0 Å². The molecule has 64 valence electrons. The molecule has 1 aromatic rings. The van der Waals surface area contributed by atoms with Crippen molar-refractivity contribution in [2.75, 3.05) is 5.73 Å². The Kier molecular flexibility index (Phi) is 2.71. The molecular formula is C9H10ClNO. The molecule has 0 aliphatic heterocycles. The van der Waals surface area contributed by atoms with Gasteiger partial charge in [-0.3, -0.25) is 4.79 Å². The summed E-state index contributed by atoms with van der Waals surface area (Å²) in [5.74, 6) is -0.0156. The lowest BCUT2D eigenvalue weighted by atomic mass is 10.1. The second-order valence-electron chi connectivity index (χ2n) is 2.48. The fourth-order valence-electron chi connectivity index (χ4n) is 1.01. The minimum absolute atomic E-state index is 0.0156. The van der Waals surface area contributed by atoms with Gasteiger partial charge in [0.05, 0.1) is 10.6 Å². The molecule has 0 radical (unpaired) electrons. The highest BCUT2D eigenvalue weighted by Gasteiger charge is 2.10. The zero-order valence-corrected chi connectivity index (χ0v) is 7.56. The van der Waals surface area contributed by atoms with Crippen molar-refractivity contribution >= 4 is 23.1 Å². The third kappa shape index (κ3) is 1.59. The van der Waals surface area contributed by atoms with Crippen molar-refractivity contribution < 1.29 is 4.79 Å². The molecule has 12 heavy (non-hydrogen) atoms. The summed E-state index contributed by atoms with van der Waals surface area (Å²) >= 11 is 5.80. The van der Waals surface area contributed by atoms with E-state index in [1.54, 1.807) is 25.1 Å². The van der Waals surface area contributed by atoms with Gasteiger partial charge in [-0.2, -0.15) is 0 Å². The van der Waals surface area contributed by atoms with Crippen molar-refractivity contribution in [1.29, 1.82) is 0 Å². The van der Waals surface area contributed by atoms with E-state index in [9.17, 15) is 4.79 Å². The van der Waals surface area contributed by atoms with Gasteiger partial charge >= 0.3 is 0 Å². The van der Waals surface area contributed by atoms with Crippen LogP contribution in [0.4, 0.5) is 5.69 Å². The van der Waals surface area contributed by atoms with Gasteiger partial charge in [-0.25, -0.2) is 0 Å². The number of rotatable bonds is 2. The average molecular weight is 184 g/mol. The Morgan fingerprint density at radius 1 is 1.58 bits per heavy atom. The predicted molar refractivity (Wildman–Crippen MR) is 50.5 cm³/mol. The summed E-state index contributed by atoms with van der Waals surface area (Å²) in [6.07, 6.45) is 0.425. The number of hydrogen-bond acceptors (Lipinski definition) is 2. The van der Waals surface area contributed by atoms with Crippen LogP contribution < -0.4 is 5.73 Å². The van der Waals surface area contributed by atoms with Gasteiger partial charge in [0.1, 0.15) is 0 Å². The Balaban J connectivity index is 3.21. The fraction of sp³-hybridized carbons (Fsp3) is 0.222. The van der Waals surface area contributed by atoms with Crippen molar-refractivity contribution in [3.05, 3.63) is 28.8 Å². The molecule has 0 aliphatic rings. The molecule has 0 saturated heterocycles. The minimum Gasteiger partial charge on any atom is -0.398 e. The third-order valence-electron chi connectivity index (χ3n) is 1.65. The van der Waals surface area contributed by atoms with Gasteiger partial charge in [-0.05, 0) is 12.1 Å². The van der Waals surface area contributed by atoms with Crippen LogP contribution in [0.15, 0.2) is 18.2 Å². The number of nitrogen functional groups attached to an aromatic ring is 1. The van der Waals surface area contributed by atoms with Crippen LogP contribution in [-0.4, -0.2) is 5.78 Å². The molecule has 1 rings (SSSR count). The summed E-state index contributed by atoms with van der Waals surface area (Å²) in [5, 5.41) is 0.432. The molecule has 0 unspecified atom stereocenters. The molecule has 0 saturated carbocycles. The number of halogens is 1. The molecule has 2 nitrogen and oxygen atoms in total. The van der Waals surface area contributed by atoms with Gasteiger partial charge in [0.25, 0.3) is 0 Å². The Hall–Kier alpha value is -1.02. The number of nitrogens with two attached hydrogens (primary N) is 1. The lowest BCUT2D eigenvalue weighted by molar-refractivity contribution is 0.0989. The van der Waals surface area contributed by atoms with Gasteiger partial charge in [-0.15, -0.1) is 0 Å². The summed E-state index contributed by atoms with van der Waals surface area (Å²) in [7, 11) is 0. The van der Waals surface area contributed by atoms with Crippen molar-refractivity contribution in [2.45, 2.75) is 13.3 Å². The highest BCUT2D eigenvalue weighted by atomic mass is 35.5. The molecule has 0 aromatic heterocycles. The van der Waals surface area contributed by atoms with Crippen LogP contribution in [-0.2, 0) is 0 Å². The van der Waals surface area contributed by atoms with Crippen LogP contribution in [0.1, 0.15) is 23.7 Å². The number of carbonyl (C=O) groups is 1. The highest BCUT2D eigenvalue weighted by molar-refractivity contribution is 6.34. The largest absolute Gasteiger partial charge is 0.398 e. The van der Waals surface area contributed by atoms with Crippen LogP contribution >= 0.6 is 11.6 Å². The first-order chi connectivity index (χ1) is 5.66. The van der Waals surface area contributed by atoms with Crippen molar-refractivity contribution in [3.63, 3.8) is 0 Å². The zero-order valence-electron chi connectivity index (χ0n) is 6.80. The second-order valence-corrected chi connectivity index (χ2v) is 2.89. The van der Waals surface area contributed by atoms with Gasteiger partial charge in [0, 0.05) is 12.1 Å². The molecule has 0 bridgehead atoms. The molecule has 0 spiro atoms. The maximum Gasteiger partial charge on any atom is 0.166 e. The standard InChI is InChI=1S/C9H10ClNO/c1-2-8(12)9-6(10)4-3-5-7(9)11/h3-5H,2,11H2,1H3. The molecule has 3 heteroatoms. The van der Waals surface area contributed by atoms with Gasteiger partial charge < -0.3 is 5.73 Å². The van der Waals surface area contributed by atoms with Gasteiger partial charge in [0.2, 0.25) is 0 Å². The molecule has 0 atom stereocenters. The van der Waals surface area contributed by atoms with E-state index >= 15 is 0 Å². The summed E-state index contributed by atoms with van der Waals surface area (Å²) in [6.45, 7) is 1.78. The number of carbonyl (C=O) groups excluding carboxylic acids is 1. The highest BCUT2D eigenvalue weighted by Crippen LogP contribution is 2.22. The second kappa shape index (κ2) is 3.59. The van der Waals surface area contributed by atoms with E-state index < -0.39 is 0 Å². The van der Waals surface area contributed by atoms with Crippen LogP contribution in [0, 0.1) is 0 Å². The first kappa shape index (κ1) is 9.07. The topological polar surface area (TPSA) is 43.1 Å². The molecule has 0 heterocycles. The van der Waals surface area contributed by atoms with E-state index in [0.717, 1.165) is 0 Å². The number of benzene rings is 1. The minimum atomic E-state index is -0.0156. The lowest BCUT2D eigenvalue weighted by Gasteiger charge is -2.04. The predicted octanol–water partition coefficient (Wildman–Crippen LogP) is 2.51. The maximum absolute atomic E-state index is 11.3. The molecular weight excluding hydrogens is 174 g/mol. The Morgan fingerprint density at radius 3 is 2.75 bits per heavy atom. The SMILES string of the molecule is CCC(=O)c1c(N)cccc1Cl. The quantitative estimate of drug-likeness (QED) is 0.566. The van der Waals surface area contributed by atoms with E-state index in [-0.39, 0.29) is 5.78 Å². The fourth-order valence-corrected chi connectivity index (χ4v) is 1.30. The van der Waals surface area contributed by atoms with E-state index in [4.69, 9.17) is 17.3 Å². The van der Waals surface area contributed by atoms with Crippen molar-refractivity contribution in [1.82, 2.24) is 0 Å². The number of hydrogen-bond donors (Lipinski definition) is 1. The summed E-state index contributed by atoms with van der Waals surface area (Å²) < 4.78 is 0. The molecule has 1 aromatic carbocycles. The molecule has 0 amide bonds. The normalized spacial score (nSPS) is 9.83. The van der Waals surface area contributed by atoms with E-state index in [1.165, 1.54) is 0 Å². The van der Waals surface area contributed by atoms with Crippen LogP contribution in [0.2, 0.25) is 5.02 Å². The first-order valence-electron chi connectivity index (χ1n) is 3.74. The summed E-state index contributed by atoms with van der Waals surface area (Å²) in [6, 6.07) is 5.07. The molecule has 0 aliphatic carbocycles. The number of ketones is 1.